The highest BCUT2D eigenvalue weighted by molar-refractivity contribution is 6.35. The van der Waals surface area contributed by atoms with Crippen LogP contribution >= 0.6 is 0 Å². The highest BCUT2D eigenvalue weighted by Gasteiger charge is 2.42. The van der Waals surface area contributed by atoms with Gasteiger partial charge < -0.3 is 15.2 Å². The first-order chi connectivity index (χ1) is 20.7. The average Bonchev–Trinajstić information content (AvgIpc) is 3.01. The molecule has 1 aliphatic heterocycles. The molecular weight excluding hydrogens is 550 g/mol. The monoisotopic (exact) mass is 583 g/mol. The molecule has 0 saturated carbocycles. The Balaban J connectivity index is 1.62. The minimum Gasteiger partial charge on any atom is -0.475 e. The fourth-order valence-electron chi connectivity index (χ4n) is 4.84. The summed E-state index contributed by atoms with van der Waals surface area (Å²) >= 11 is 0. The average molecular weight is 584 g/mol. The van der Waals surface area contributed by atoms with Crippen LogP contribution in [0.3, 0.4) is 0 Å². The van der Waals surface area contributed by atoms with E-state index < -0.39 is 48.3 Å². The lowest BCUT2D eigenvalue weighted by Gasteiger charge is -2.40. The van der Waals surface area contributed by atoms with Gasteiger partial charge >= 0.3 is 12.1 Å². The van der Waals surface area contributed by atoms with Crippen LogP contribution in [0.25, 0.3) is 5.70 Å². The van der Waals surface area contributed by atoms with Gasteiger partial charge in [-0.2, -0.15) is 0 Å². The summed E-state index contributed by atoms with van der Waals surface area (Å²) in [5.74, 6) is -4.45. The number of ether oxygens (including phenoxy) is 1. The molecule has 2 atom stereocenters. The van der Waals surface area contributed by atoms with Crippen molar-refractivity contribution in [2.75, 3.05) is 6.54 Å². The third-order valence-electron chi connectivity index (χ3n) is 6.93. The Kier molecular flexibility index (Phi) is 10.1. The molecule has 43 heavy (non-hydrogen) atoms. The van der Waals surface area contributed by atoms with Crippen molar-refractivity contribution in [3.63, 3.8) is 0 Å². The molecule has 0 aromatic heterocycles. The minimum atomic E-state index is -1.68. The maximum absolute atomic E-state index is 14.0. The number of nitrogens with one attached hydrogen (secondary N) is 1. The van der Waals surface area contributed by atoms with Crippen LogP contribution in [0.1, 0.15) is 30.5 Å². The van der Waals surface area contributed by atoms with Gasteiger partial charge in [0.05, 0.1) is 5.70 Å². The maximum Gasteiger partial charge on any atom is 0.414 e. The second-order valence-electron chi connectivity index (χ2n) is 10.4. The number of ketones is 1. The van der Waals surface area contributed by atoms with Gasteiger partial charge in [-0.3, -0.25) is 24.2 Å². The van der Waals surface area contributed by atoms with Crippen LogP contribution in [0.2, 0.25) is 0 Å². The molecule has 0 aliphatic carbocycles. The van der Waals surface area contributed by atoms with Gasteiger partial charge in [-0.1, -0.05) is 105 Å². The number of nitrogens with zero attached hydrogens (tertiary/aromatic N) is 2. The van der Waals surface area contributed by atoms with Crippen molar-refractivity contribution < 1.29 is 33.8 Å². The standard InChI is InChI=1S/C33H33N3O7/c1-22(2)29-31(39)35(20-28(37)34-26(30(38)32(40)41)18-23-12-6-3-7-13-23)27(25-16-10-5-11-17-25)19-36(29)33(42)43-21-24-14-8-4-9-15-24/h3-17,19,22,26,29H,18,20-21H2,1-2H3,(H,34,37)(H,40,41)/t26-,29-/m0/s1. The van der Waals surface area contributed by atoms with Crippen molar-refractivity contribution in [1.29, 1.82) is 0 Å². The van der Waals surface area contributed by atoms with Crippen molar-refractivity contribution in [3.8, 4) is 0 Å². The van der Waals surface area contributed by atoms with Gasteiger partial charge in [0.1, 0.15) is 25.2 Å². The van der Waals surface area contributed by atoms with E-state index in [1.54, 1.807) is 74.5 Å². The van der Waals surface area contributed by atoms with Crippen molar-refractivity contribution in [2.45, 2.75) is 39.0 Å². The number of carboxylic acid groups (broad SMARTS) is 1. The van der Waals surface area contributed by atoms with E-state index in [0.29, 0.717) is 11.1 Å². The summed E-state index contributed by atoms with van der Waals surface area (Å²) in [6.45, 7) is 3.06. The summed E-state index contributed by atoms with van der Waals surface area (Å²) in [5.41, 5.74) is 2.28. The highest BCUT2D eigenvalue weighted by atomic mass is 16.6. The summed E-state index contributed by atoms with van der Waals surface area (Å²) in [5, 5.41) is 11.9. The number of aliphatic carboxylic acids is 1. The number of amides is 3. The van der Waals surface area contributed by atoms with Gasteiger partial charge in [0.25, 0.3) is 11.7 Å². The summed E-state index contributed by atoms with van der Waals surface area (Å²) in [4.78, 5) is 67.1. The predicted molar refractivity (Wildman–Crippen MR) is 158 cm³/mol. The van der Waals surface area contributed by atoms with Crippen LogP contribution in [-0.4, -0.2) is 63.2 Å². The highest BCUT2D eigenvalue weighted by Crippen LogP contribution is 2.30. The van der Waals surface area contributed by atoms with Gasteiger partial charge in [0, 0.05) is 12.6 Å². The molecule has 10 heteroatoms. The third-order valence-corrected chi connectivity index (χ3v) is 6.93. The number of Topliss-reactive ketones (excluding diaryl/α,β-unsaturated/α-hetero) is 1. The number of rotatable bonds is 11. The lowest BCUT2D eigenvalue weighted by molar-refractivity contribution is -0.150. The number of carboxylic acids is 1. The second-order valence-corrected chi connectivity index (χ2v) is 10.4. The van der Waals surface area contributed by atoms with Crippen molar-refractivity contribution in [3.05, 3.63) is 114 Å². The fraction of sp³-hybridized carbons (Fsp3) is 0.242. The largest absolute Gasteiger partial charge is 0.475 e. The molecule has 3 aromatic rings. The smallest absolute Gasteiger partial charge is 0.414 e. The first-order valence-corrected chi connectivity index (χ1v) is 13.8. The van der Waals surface area contributed by atoms with Gasteiger partial charge in [-0.05, 0) is 22.6 Å². The topological polar surface area (TPSA) is 133 Å². The first-order valence-electron chi connectivity index (χ1n) is 13.8. The molecule has 0 spiro atoms. The quantitative estimate of drug-likeness (QED) is 0.328. The number of hydrogen-bond acceptors (Lipinski definition) is 6. The summed E-state index contributed by atoms with van der Waals surface area (Å²) in [6, 6.07) is 24.3. The van der Waals surface area contributed by atoms with Crippen LogP contribution in [0.5, 0.6) is 0 Å². The summed E-state index contributed by atoms with van der Waals surface area (Å²) < 4.78 is 5.55. The van der Waals surface area contributed by atoms with E-state index in [-0.39, 0.29) is 24.6 Å². The SMILES string of the molecule is CC(C)[C@H]1C(=O)N(CC(=O)N[C@@H](Cc2ccccc2)C(=O)C(=O)O)C(c2ccccc2)=CN1C(=O)OCc1ccccc1. The van der Waals surface area contributed by atoms with Gasteiger partial charge in [-0.25, -0.2) is 9.59 Å². The van der Waals surface area contributed by atoms with Crippen LogP contribution in [0, 0.1) is 5.92 Å². The zero-order valence-electron chi connectivity index (χ0n) is 23.9. The van der Waals surface area contributed by atoms with E-state index >= 15 is 0 Å². The number of carbonyl (C=O) groups is 5. The zero-order valence-corrected chi connectivity index (χ0v) is 23.9. The minimum absolute atomic E-state index is 0.0101. The van der Waals surface area contributed by atoms with Crippen molar-refractivity contribution in [2.24, 2.45) is 5.92 Å². The lowest BCUT2D eigenvalue weighted by atomic mass is 9.97. The summed E-state index contributed by atoms with van der Waals surface area (Å²) in [6.07, 6.45) is 0.734. The molecule has 3 amide bonds. The molecule has 2 N–H and O–H groups in total. The molecule has 0 fully saturated rings. The third kappa shape index (κ3) is 7.73. The zero-order chi connectivity index (χ0) is 30.9. The number of carbonyl (C=O) groups excluding carboxylic acids is 4. The van der Waals surface area contributed by atoms with Crippen molar-refractivity contribution in [1.82, 2.24) is 15.1 Å². The van der Waals surface area contributed by atoms with Gasteiger partial charge in [0.15, 0.2) is 0 Å². The molecule has 0 bridgehead atoms. The van der Waals surface area contributed by atoms with E-state index in [4.69, 9.17) is 4.74 Å². The molecule has 1 heterocycles. The molecule has 0 saturated heterocycles. The number of hydrogen-bond donors (Lipinski definition) is 2. The van der Waals surface area contributed by atoms with Gasteiger partial charge in [0.2, 0.25) is 5.91 Å². The van der Waals surface area contributed by atoms with E-state index in [1.165, 1.54) is 16.0 Å². The molecule has 3 aromatic carbocycles. The van der Waals surface area contributed by atoms with Crippen LogP contribution in [0.15, 0.2) is 97.2 Å². The molecule has 0 unspecified atom stereocenters. The van der Waals surface area contributed by atoms with Crippen molar-refractivity contribution >= 4 is 35.4 Å². The van der Waals surface area contributed by atoms with E-state index in [2.05, 4.69) is 5.32 Å². The molecule has 4 rings (SSSR count). The van der Waals surface area contributed by atoms with Gasteiger partial charge in [-0.15, -0.1) is 0 Å². The Morgan fingerprint density at radius 3 is 1.98 bits per heavy atom. The number of benzene rings is 3. The Morgan fingerprint density at radius 2 is 1.42 bits per heavy atom. The van der Waals surface area contributed by atoms with Crippen LogP contribution in [-0.2, 0) is 36.9 Å². The lowest BCUT2D eigenvalue weighted by Crippen LogP contribution is -2.57. The Bertz CT molecular complexity index is 1490. The molecule has 0 radical (unpaired) electrons. The van der Waals surface area contributed by atoms with E-state index in [9.17, 15) is 29.1 Å². The Hall–Kier alpha value is -5.25. The Morgan fingerprint density at radius 1 is 0.860 bits per heavy atom. The maximum atomic E-state index is 14.0. The molecule has 10 nitrogen and oxygen atoms in total. The molecule has 222 valence electrons. The van der Waals surface area contributed by atoms with E-state index in [0.717, 1.165) is 5.56 Å². The predicted octanol–water partition coefficient (Wildman–Crippen LogP) is 3.87. The first kappa shape index (κ1) is 30.7. The van der Waals surface area contributed by atoms with Crippen LogP contribution in [0.4, 0.5) is 4.79 Å². The summed E-state index contributed by atoms with van der Waals surface area (Å²) in [7, 11) is 0. The fourth-order valence-corrected chi connectivity index (χ4v) is 4.84. The normalized spacial score (nSPS) is 15.5. The molecular formula is C33H33N3O7. The second kappa shape index (κ2) is 14.1. The Labute approximate surface area is 249 Å². The molecule has 1 aliphatic rings. The van der Waals surface area contributed by atoms with E-state index in [1.807, 2.05) is 30.3 Å². The van der Waals surface area contributed by atoms with Crippen LogP contribution < -0.4 is 5.32 Å².